The van der Waals surface area contributed by atoms with E-state index in [0.29, 0.717) is 23.5 Å². The Kier molecular flexibility index (Phi) is 5.96. The quantitative estimate of drug-likeness (QED) is 0.387. The van der Waals surface area contributed by atoms with Gasteiger partial charge in [0.05, 0.1) is 12.1 Å². The third-order valence-corrected chi connectivity index (χ3v) is 5.82. The number of hydrogen-bond donors (Lipinski definition) is 3. The fourth-order valence-electron chi connectivity index (χ4n) is 4.08. The second kappa shape index (κ2) is 8.84. The highest BCUT2D eigenvalue weighted by Gasteiger charge is 2.25. The van der Waals surface area contributed by atoms with Crippen molar-refractivity contribution in [2.75, 3.05) is 5.73 Å². The van der Waals surface area contributed by atoms with Crippen molar-refractivity contribution >= 4 is 16.9 Å². The molecule has 0 bridgehead atoms. The van der Waals surface area contributed by atoms with Crippen LogP contribution >= 0.6 is 0 Å². The van der Waals surface area contributed by atoms with Gasteiger partial charge in [0.2, 0.25) is 0 Å². The van der Waals surface area contributed by atoms with Crippen molar-refractivity contribution in [3.8, 4) is 11.4 Å². The molecule has 2 atom stereocenters. The van der Waals surface area contributed by atoms with Crippen LogP contribution in [0.5, 0.6) is 0 Å². The van der Waals surface area contributed by atoms with Gasteiger partial charge in [-0.3, -0.25) is 18.9 Å². The highest BCUT2D eigenvalue weighted by molar-refractivity contribution is 5.73. The summed E-state index contributed by atoms with van der Waals surface area (Å²) in [5, 5.41) is 10.5. The predicted molar refractivity (Wildman–Crippen MR) is 126 cm³/mol. The molecular weight excluding hydrogens is 406 g/mol. The van der Waals surface area contributed by atoms with Crippen LogP contribution in [-0.4, -0.2) is 30.3 Å². The Morgan fingerprint density at radius 2 is 1.78 bits per heavy atom. The number of aryl methyl sites for hydroxylation is 1. The molecule has 4 rings (SSSR count). The van der Waals surface area contributed by atoms with Crippen LogP contribution in [0.3, 0.4) is 0 Å². The molecule has 4 aromatic rings. The van der Waals surface area contributed by atoms with Crippen molar-refractivity contribution in [1.29, 1.82) is 0 Å². The van der Waals surface area contributed by atoms with Gasteiger partial charge in [0.1, 0.15) is 5.82 Å². The molecule has 2 unspecified atom stereocenters. The summed E-state index contributed by atoms with van der Waals surface area (Å²) >= 11 is 0. The number of nitrogens with two attached hydrogens (primary N) is 1. The van der Waals surface area contributed by atoms with Gasteiger partial charge in [0.25, 0.3) is 5.56 Å². The van der Waals surface area contributed by atoms with Gasteiger partial charge in [-0.25, -0.2) is 9.78 Å². The van der Waals surface area contributed by atoms with Gasteiger partial charge in [-0.05, 0) is 56.0 Å². The molecule has 0 fully saturated rings. The molecule has 0 aliphatic carbocycles. The van der Waals surface area contributed by atoms with Crippen LogP contribution in [0.1, 0.15) is 31.4 Å². The van der Waals surface area contributed by atoms with Crippen molar-refractivity contribution in [2.24, 2.45) is 7.05 Å². The summed E-state index contributed by atoms with van der Waals surface area (Å²) in [5.74, 6) is 0.420. The van der Waals surface area contributed by atoms with E-state index in [1.165, 1.54) is 14.7 Å². The van der Waals surface area contributed by atoms with E-state index < -0.39 is 17.8 Å². The van der Waals surface area contributed by atoms with Crippen LogP contribution in [0.25, 0.3) is 22.6 Å². The summed E-state index contributed by atoms with van der Waals surface area (Å²) in [6, 6.07) is 16.6. The average Bonchev–Trinajstić information content (AvgIpc) is 3.11. The summed E-state index contributed by atoms with van der Waals surface area (Å²) in [6.45, 7) is 1.65. The number of aromatic nitrogens is 4. The molecule has 2 aromatic heterocycles. The van der Waals surface area contributed by atoms with Crippen LogP contribution in [-0.2, 0) is 13.5 Å². The third-order valence-electron chi connectivity index (χ3n) is 5.82. The number of nitrogens with zero attached hydrogens (tertiary/aromatic N) is 3. The van der Waals surface area contributed by atoms with Crippen molar-refractivity contribution < 1.29 is 5.11 Å². The number of aliphatic hydroxyl groups is 1. The zero-order valence-corrected chi connectivity index (χ0v) is 18.2. The molecule has 8 heteroatoms. The van der Waals surface area contributed by atoms with Crippen LogP contribution in [0.4, 0.5) is 5.69 Å². The van der Waals surface area contributed by atoms with Crippen molar-refractivity contribution in [1.82, 2.24) is 19.1 Å². The molecule has 8 nitrogen and oxygen atoms in total. The average molecular weight is 434 g/mol. The van der Waals surface area contributed by atoms with Gasteiger partial charge in [-0.15, -0.1) is 0 Å². The number of H-pyrrole nitrogens is 1. The van der Waals surface area contributed by atoms with E-state index >= 15 is 0 Å². The summed E-state index contributed by atoms with van der Waals surface area (Å²) < 4.78 is 2.83. The maximum atomic E-state index is 13.0. The second-order valence-electron chi connectivity index (χ2n) is 8.11. The summed E-state index contributed by atoms with van der Waals surface area (Å²) in [4.78, 5) is 33.2. The van der Waals surface area contributed by atoms with Crippen LogP contribution < -0.4 is 17.0 Å². The SMILES string of the molecule is CC(O)C(CCCc1ccccc1)n1c(=O)[nH]c2c(=O)n(C)c(-c3ccc(N)cc3)nc21. The molecule has 0 spiro atoms. The lowest BCUT2D eigenvalue weighted by Gasteiger charge is -2.21. The molecule has 2 heterocycles. The van der Waals surface area contributed by atoms with E-state index in [9.17, 15) is 14.7 Å². The van der Waals surface area contributed by atoms with Crippen molar-refractivity contribution in [3.63, 3.8) is 0 Å². The minimum Gasteiger partial charge on any atom is -0.399 e. The van der Waals surface area contributed by atoms with Crippen molar-refractivity contribution in [2.45, 2.75) is 38.3 Å². The number of anilines is 1. The summed E-state index contributed by atoms with van der Waals surface area (Å²) in [6.07, 6.45) is 1.36. The fraction of sp³-hybridized carbons (Fsp3) is 0.292. The first-order chi connectivity index (χ1) is 15.4. The number of rotatable bonds is 7. The lowest BCUT2D eigenvalue weighted by molar-refractivity contribution is 0.123. The minimum absolute atomic E-state index is 0.130. The maximum absolute atomic E-state index is 13.0. The lowest BCUT2D eigenvalue weighted by atomic mass is 10.0. The van der Waals surface area contributed by atoms with Crippen LogP contribution in [0.15, 0.2) is 64.2 Å². The Labute approximate surface area is 185 Å². The number of aromatic amines is 1. The Morgan fingerprint density at radius 1 is 1.09 bits per heavy atom. The number of hydrogen-bond acceptors (Lipinski definition) is 5. The number of imidazole rings is 1. The van der Waals surface area contributed by atoms with Gasteiger partial charge in [-0.2, -0.15) is 0 Å². The van der Waals surface area contributed by atoms with E-state index in [4.69, 9.17) is 5.73 Å². The molecule has 4 N–H and O–H groups in total. The summed E-state index contributed by atoms with van der Waals surface area (Å²) in [7, 11) is 1.61. The first kappa shape index (κ1) is 21.6. The lowest BCUT2D eigenvalue weighted by Crippen LogP contribution is -2.30. The standard InChI is InChI=1S/C24H27N5O3/c1-15(30)19(10-6-9-16-7-4-3-5-8-16)29-22-20(26-24(29)32)23(31)28(2)21(27-22)17-11-13-18(25)14-12-17/h3-5,7-8,11-15,19,30H,6,9-10,25H2,1-2H3,(H,26,32). The largest absolute Gasteiger partial charge is 0.399 e. The Bertz CT molecular complexity index is 1330. The Hall–Kier alpha value is -3.65. The number of nitrogen functional groups attached to an aromatic ring is 1. The van der Waals surface area contributed by atoms with Gasteiger partial charge in [0.15, 0.2) is 11.2 Å². The van der Waals surface area contributed by atoms with E-state index in [-0.39, 0.29) is 16.7 Å². The summed E-state index contributed by atoms with van der Waals surface area (Å²) in [5.41, 5.74) is 7.86. The number of nitrogens with one attached hydrogen (secondary N) is 1. The highest BCUT2D eigenvalue weighted by Crippen LogP contribution is 2.24. The monoisotopic (exact) mass is 433 g/mol. The molecule has 0 aliphatic heterocycles. The topological polar surface area (TPSA) is 119 Å². The van der Waals surface area contributed by atoms with E-state index in [2.05, 4.69) is 22.1 Å². The number of aliphatic hydroxyl groups excluding tert-OH is 1. The van der Waals surface area contributed by atoms with E-state index in [1.807, 2.05) is 18.2 Å². The highest BCUT2D eigenvalue weighted by atomic mass is 16.3. The smallest absolute Gasteiger partial charge is 0.328 e. The van der Waals surface area contributed by atoms with Gasteiger partial charge in [0, 0.05) is 18.3 Å². The second-order valence-corrected chi connectivity index (χ2v) is 8.11. The molecule has 0 radical (unpaired) electrons. The molecular formula is C24H27N5O3. The maximum Gasteiger partial charge on any atom is 0.328 e. The van der Waals surface area contributed by atoms with Crippen LogP contribution in [0.2, 0.25) is 0 Å². The first-order valence-corrected chi connectivity index (χ1v) is 10.7. The van der Waals surface area contributed by atoms with Gasteiger partial charge in [-0.1, -0.05) is 30.3 Å². The molecule has 0 aliphatic rings. The molecule has 0 amide bonds. The van der Waals surface area contributed by atoms with Gasteiger partial charge >= 0.3 is 5.69 Å². The number of fused-ring (bicyclic) bond motifs is 1. The fourth-order valence-corrected chi connectivity index (χ4v) is 4.08. The minimum atomic E-state index is -0.798. The van der Waals surface area contributed by atoms with E-state index in [0.717, 1.165) is 12.8 Å². The third kappa shape index (κ3) is 4.09. The van der Waals surface area contributed by atoms with Crippen LogP contribution in [0, 0.1) is 0 Å². The van der Waals surface area contributed by atoms with Crippen molar-refractivity contribution in [3.05, 3.63) is 81.0 Å². The molecule has 0 saturated heterocycles. The Morgan fingerprint density at radius 3 is 2.44 bits per heavy atom. The van der Waals surface area contributed by atoms with E-state index in [1.54, 1.807) is 38.2 Å². The molecule has 2 aromatic carbocycles. The molecule has 0 saturated carbocycles. The zero-order valence-electron chi connectivity index (χ0n) is 18.2. The Balaban J connectivity index is 1.76. The molecule has 32 heavy (non-hydrogen) atoms. The first-order valence-electron chi connectivity index (χ1n) is 10.7. The predicted octanol–water partition coefficient (Wildman–Crippen LogP) is 2.62. The normalized spacial score (nSPS) is 13.3. The molecule has 166 valence electrons. The number of benzene rings is 2. The van der Waals surface area contributed by atoms with Gasteiger partial charge < -0.3 is 10.8 Å². The zero-order chi connectivity index (χ0) is 22.8.